The lowest BCUT2D eigenvalue weighted by atomic mass is 9.93. The molecule has 0 aromatic heterocycles. The molecule has 0 spiro atoms. The fourth-order valence-corrected chi connectivity index (χ4v) is 4.05. The standard InChI is InChI=1S/C23H21F2N2O4S/c1-26(2)14-17-11-15(13-20-21(24)5-4-6-22(20)25)12-19(23(17)27(28)29)16-7-9-18(10-8-16)32(3,30)31/h4-10,12H,13-14H2,1-3H3. The Morgan fingerprint density at radius 2 is 1.66 bits per heavy atom. The van der Waals surface area contributed by atoms with Crippen LogP contribution in [0, 0.1) is 27.8 Å². The summed E-state index contributed by atoms with van der Waals surface area (Å²) in [6.07, 6.45) is 0.920. The summed E-state index contributed by atoms with van der Waals surface area (Å²) in [7, 11) is 0.0342. The van der Waals surface area contributed by atoms with Crippen molar-refractivity contribution in [2.45, 2.75) is 17.9 Å². The quantitative estimate of drug-likeness (QED) is 0.387. The van der Waals surface area contributed by atoms with Crippen LogP contribution in [0.5, 0.6) is 0 Å². The van der Waals surface area contributed by atoms with Gasteiger partial charge in [0.15, 0.2) is 9.84 Å². The highest BCUT2D eigenvalue weighted by molar-refractivity contribution is 7.90. The molecule has 0 unspecified atom stereocenters. The van der Waals surface area contributed by atoms with Gasteiger partial charge in [-0.25, -0.2) is 17.2 Å². The van der Waals surface area contributed by atoms with Crippen molar-refractivity contribution in [3.05, 3.63) is 93.0 Å². The van der Waals surface area contributed by atoms with Crippen LogP contribution in [0.1, 0.15) is 16.7 Å². The SMILES string of the molecule is CN(C)Cc1[c]c(Cc2c(F)cccc2F)cc(-c2ccc(S(C)(=O)=O)cc2)c1[N+](=O)[O-]. The smallest absolute Gasteiger partial charge is 0.282 e. The van der Waals surface area contributed by atoms with Crippen molar-refractivity contribution >= 4 is 15.5 Å². The summed E-state index contributed by atoms with van der Waals surface area (Å²) in [6, 6.07) is 13.7. The van der Waals surface area contributed by atoms with Crippen LogP contribution in [0.25, 0.3) is 11.1 Å². The molecule has 3 rings (SSSR count). The molecule has 3 aromatic carbocycles. The normalized spacial score (nSPS) is 11.7. The van der Waals surface area contributed by atoms with E-state index in [4.69, 9.17) is 0 Å². The van der Waals surface area contributed by atoms with Crippen LogP contribution in [0.3, 0.4) is 0 Å². The van der Waals surface area contributed by atoms with Crippen LogP contribution in [-0.4, -0.2) is 38.6 Å². The van der Waals surface area contributed by atoms with Gasteiger partial charge < -0.3 is 4.90 Å². The van der Waals surface area contributed by atoms with E-state index in [1.165, 1.54) is 36.4 Å². The van der Waals surface area contributed by atoms with Crippen molar-refractivity contribution in [2.24, 2.45) is 0 Å². The summed E-state index contributed by atoms with van der Waals surface area (Å²) in [5.74, 6) is -1.44. The van der Waals surface area contributed by atoms with Gasteiger partial charge in [0.2, 0.25) is 0 Å². The van der Waals surface area contributed by atoms with Gasteiger partial charge in [0.25, 0.3) is 5.69 Å². The molecule has 1 radical (unpaired) electrons. The number of benzene rings is 3. The summed E-state index contributed by atoms with van der Waals surface area (Å²) in [5, 5.41) is 12.0. The molecule has 0 aliphatic rings. The van der Waals surface area contributed by atoms with Gasteiger partial charge in [-0.2, -0.15) is 0 Å². The molecule has 0 amide bonds. The second kappa shape index (κ2) is 9.13. The third kappa shape index (κ3) is 5.17. The van der Waals surface area contributed by atoms with Gasteiger partial charge in [-0.15, -0.1) is 0 Å². The van der Waals surface area contributed by atoms with Crippen LogP contribution in [0.4, 0.5) is 14.5 Å². The molecule has 0 saturated carbocycles. The Hall–Kier alpha value is -3.17. The third-order valence-electron chi connectivity index (χ3n) is 4.85. The number of nitro groups is 1. The molecule has 32 heavy (non-hydrogen) atoms. The second-order valence-corrected chi connectivity index (χ2v) is 9.72. The van der Waals surface area contributed by atoms with Crippen LogP contribution < -0.4 is 0 Å². The van der Waals surface area contributed by atoms with Crippen molar-refractivity contribution in [1.29, 1.82) is 0 Å². The second-order valence-electron chi connectivity index (χ2n) is 7.70. The highest BCUT2D eigenvalue weighted by Gasteiger charge is 2.24. The van der Waals surface area contributed by atoms with Crippen molar-refractivity contribution in [3.8, 4) is 11.1 Å². The first-order valence-electron chi connectivity index (χ1n) is 9.58. The molecule has 9 heteroatoms. The molecule has 0 saturated heterocycles. The van der Waals surface area contributed by atoms with E-state index in [0.717, 1.165) is 18.4 Å². The number of nitro benzene ring substituents is 1. The predicted octanol–water partition coefficient (Wildman–Crippen LogP) is 4.40. The lowest BCUT2D eigenvalue weighted by Crippen LogP contribution is -2.13. The van der Waals surface area contributed by atoms with Gasteiger partial charge in [0.1, 0.15) is 11.6 Å². The maximum absolute atomic E-state index is 14.2. The van der Waals surface area contributed by atoms with Crippen LogP contribution >= 0.6 is 0 Å². The third-order valence-corrected chi connectivity index (χ3v) is 5.98. The fourth-order valence-electron chi connectivity index (χ4n) is 3.42. The summed E-state index contributed by atoms with van der Waals surface area (Å²) in [6.45, 7) is 0.179. The topological polar surface area (TPSA) is 80.5 Å². The summed E-state index contributed by atoms with van der Waals surface area (Å²) >= 11 is 0. The number of nitrogens with zero attached hydrogens (tertiary/aromatic N) is 2. The van der Waals surface area contributed by atoms with E-state index in [2.05, 4.69) is 6.07 Å². The highest BCUT2D eigenvalue weighted by atomic mass is 32.2. The number of hydrogen-bond donors (Lipinski definition) is 0. The zero-order valence-electron chi connectivity index (χ0n) is 17.7. The van der Waals surface area contributed by atoms with Crippen molar-refractivity contribution in [3.63, 3.8) is 0 Å². The lowest BCUT2D eigenvalue weighted by Gasteiger charge is -2.15. The number of rotatable bonds is 7. The van der Waals surface area contributed by atoms with Crippen molar-refractivity contribution in [2.75, 3.05) is 20.4 Å². The monoisotopic (exact) mass is 459 g/mol. The van der Waals surface area contributed by atoms with Gasteiger partial charge in [-0.3, -0.25) is 10.1 Å². The maximum Gasteiger partial charge on any atom is 0.282 e. The minimum atomic E-state index is -3.44. The average Bonchev–Trinajstić information content (AvgIpc) is 2.69. The van der Waals surface area contributed by atoms with Gasteiger partial charge in [-0.05, 0) is 61.6 Å². The Kier molecular flexibility index (Phi) is 6.71. The number of sulfone groups is 1. The van der Waals surface area contributed by atoms with E-state index in [-0.39, 0.29) is 40.2 Å². The first-order chi connectivity index (χ1) is 15.0. The van der Waals surface area contributed by atoms with E-state index >= 15 is 0 Å². The molecule has 0 aliphatic carbocycles. The number of halogens is 2. The van der Waals surface area contributed by atoms with E-state index in [9.17, 15) is 27.3 Å². The van der Waals surface area contributed by atoms with Gasteiger partial charge in [0, 0.05) is 24.8 Å². The lowest BCUT2D eigenvalue weighted by molar-refractivity contribution is -0.385. The van der Waals surface area contributed by atoms with Crippen molar-refractivity contribution in [1.82, 2.24) is 4.90 Å². The minimum absolute atomic E-state index is 0.0774. The average molecular weight is 459 g/mol. The molecule has 0 fully saturated rings. The Bertz CT molecular complexity index is 1250. The Balaban J connectivity index is 2.21. The van der Waals surface area contributed by atoms with E-state index < -0.39 is 26.4 Å². The van der Waals surface area contributed by atoms with Gasteiger partial charge in [0.05, 0.1) is 20.9 Å². The first-order valence-corrected chi connectivity index (χ1v) is 11.5. The molecule has 3 aromatic rings. The van der Waals surface area contributed by atoms with Crippen LogP contribution in [-0.2, 0) is 22.8 Å². The molecule has 6 nitrogen and oxygen atoms in total. The molecule has 0 aliphatic heterocycles. The van der Waals surface area contributed by atoms with Crippen LogP contribution in [0.2, 0.25) is 0 Å². The van der Waals surface area contributed by atoms with Gasteiger partial charge >= 0.3 is 0 Å². The molecule has 167 valence electrons. The Labute approximate surface area is 185 Å². The van der Waals surface area contributed by atoms with Gasteiger partial charge in [-0.1, -0.05) is 18.2 Å². The minimum Gasteiger partial charge on any atom is -0.305 e. The predicted molar refractivity (Wildman–Crippen MR) is 117 cm³/mol. The highest BCUT2D eigenvalue weighted by Crippen LogP contribution is 2.36. The maximum atomic E-state index is 14.2. The summed E-state index contributed by atoms with van der Waals surface area (Å²) in [4.78, 5) is 13.2. The molecule has 0 bridgehead atoms. The fraction of sp³-hybridized carbons (Fsp3) is 0.217. The Morgan fingerprint density at radius 1 is 1.06 bits per heavy atom. The zero-order valence-corrected chi connectivity index (χ0v) is 18.5. The van der Waals surface area contributed by atoms with Crippen molar-refractivity contribution < 1.29 is 22.1 Å². The molecular weight excluding hydrogens is 438 g/mol. The first kappa shape index (κ1) is 23.5. The molecular formula is C23H21F2N2O4S. The summed E-state index contributed by atoms with van der Waals surface area (Å²) < 4.78 is 51.9. The molecule has 0 N–H and O–H groups in total. The largest absolute Gasteiger partial charge is 0.305 e. The summed E-state index contributed by atoms with van der Waals surface area (Å²) in [5.41, 5.74) is 0.913. The van der Waals surface area contributed by atoms with E-state index in [1.54, 1.807) is 19.0 Å². The number of hydrogen-bond acceptors (Lipinski definition) is 5. The molecule has 0 heterocycles. The molecule has 0 atom stereocenters. The Morgan fingerprint density at radius 3 is 2.16 bits per heavy atom. The van der Waals surface area contributed by atoms with E-state index in [0.29, 0.717) is 11.1 Å². The van der Waals surface area contributed by atoms with E-state index in [1.807, 2.05) is 0 Å². The van der Waals surface area contributed by atoms with Crippen LogP contribution in [0.15, 0.2) is 53.4 Å². The zero-order chi connectivity index (χ0) is 23.6.